The molecule has 0 saturated heterocycles. The smallest absolute Gasteiger partial charge is 0.0716 e. The molecule has 0 spiro atoms. The summed E-state index contributed by atoms with van der Waals surface area (Å²) in [6.07, 6.45) is 2.28. The van der Waals surface area contributed by atoms with Crippen LogP contribution in [0.4, 0.5) is 0 Å². The molecule has 0 fully saturated rings. The van der Waals surface area contributed by atoms with Gasteiger partial charge in [-0.2, -0.15) is 5.10 Å². The molecule has 1 heterocycles. The first-order chi connectivity index (χ1) is 7.27. The van der Waals surface area contributed by atoms with E-state index in [0.717, 1.165) is 12.8 Å². The molecule has 76 valence electrons. The molecule has 15 heavy (non-hydrogen) atoms. The normalized spacial score (nSPS) is 13.5. The van der Waals surface area contributed by atoms with Gasteiger partial charge in [-0.1, -0.05) is 24.3 Å². The maximum absolute atomic E-state index is 4.51. The molecule has 3 rings (SSSR count). The molecule has 0 saturated carbocycles. The zero-order chi connectivity index (χ0) is 10.4. The Morgan fingerprint density at radius 2 is 2.00 bits per heavy atom. The number of aryl methyl sites for hydroxylation is 3. The Morgan fingerprint density at radius 1 is 1.20 bits per heavy atom. The highest BCUT2D eigenvalue weighted by atomic mass is 15.3. The van der Waals surface area contributed by atoms with Gasteiger partial charge in [-0.15, -0.1) is 0 Å². The molecule has 2 aromatic rings. The van der Waals surface area contributed by atoms with Gasteiger partial charge in [0.15, 0.2) is 0 Å². The van der Waals surface area contributed by atoms with E-state index < -0.39 is 0 Å². The number of nitrogens with zero attached hydrogens (tertiary/aromatic N) is 2. The van der Waals surface area contributed by atoms with Crippen LogP contribution >= 0.6 is 0 Å². The maximum atomic E-state index is 4.51. The Labute approximate surface area is 89.5 Å². The van der Waals surface area contributed by atoms with Crippen LogP contribution in [-0.4, -0.2) is 9.78 Å². The Bertz CT molecular complexity index is 523. The SMILES string of the molecule is Cc1nn(C)c2c1CCc1ccccc1-2. The molecule has 1 aromatic heterocycles. The summed E-state index contributed by atoms with van der Waals surface area (Å²) in [6.45, 7) is 2.10. The number of rotatable bonds is 0. The molecular formula is C13H14N2. The summed E-state index contributed by atoms with van der Waals surface area (Å²) in [6, 6.07) is 8.65. The van der Waals surface area contributed by atoms with Crippen molar-refractivity contribution < 1.29 is 0 Å². The van der Waals surface area contributed by atoms with Crippen molar-refractivity contribution in [3.8, 4) is 11.3 Å². The van der Waals surface area contributed by atoms with Gasteiger partial charge in [0.05, 0.1) is 11.4 Å². The van der Waals surface area contributed by atoms with E-state index in [1.54, 1.807) is 0 Å². The van der Waals surface area contributed by atoms with Gasteiger partial charge in [-0.05, 0) is 25.3 Å². The van der Waals surface area contributed by atoms with E-state index in [1.807, 2.05) is 11.7 Å². The van der Waals surface area contributed by atoms with Crippen LogP contribution in [0.5, 0.6) is 0 Å². The van der Waals surface area contributed by atoms with Crippen LogP contribution in [0.1, 0.15) is 16.8 Å². The van der Waals surface area contributed by atoms with Crippen LogP contribution in [0.3, 0.4) is 0 Å². The molecule has 0 aliphatic heterocycles. The van der Waals surface area contributed by atoms with Gasteiger partial charge in [-0.3, -0.25) is 4.68 Å². The van der Waals surface area contributed by atoms with Crippen LogP contribution in [0.15, 0.2) is 24.3 Å². The molecule has 0 N–H and O–H groups in total. The molecular weight excluding hydrogens is 184 g/mol. The topological polar surface area (TPSA) is 17.8 Å². The van der Waals surface area contributed by atoms with E-state index in [-0.39, 0.29) is 0 Å². The minimum absolute atomic E-state index is 1.13. The number of aromatic nitrogens is 2. The molecule has 2 heteroatoms. The van der Waals surface area contributed by atoms with Gasteiger partial charge < -0.3 is 0 Å². The minimum atomic E-state index is 1.13. The molecule has 0 amide bonds. The first-order valence-electron chi connectivity index (χ1n) is 5.38. The first-order valence-corrected chi connectivity index (χ1v) is 5.38. The Kier molecular flexibility index (Phi) is 1.72. The number of hydrogen-bond donors (Lipinski definition) is 0. The van der Waals surface area contributed by atoms with Crippen molar-refractivity contribution in [2.24, 2.45) is 7.05 Å². The van der Waals surface area contributed by atoms with Gasteiger partial charge in [0.1, 0.15) is 0 Å². The lowest BCUT2D eigenvalue weighted by Crippen LogP contribution is -2.05. The van der Waals surface area contributed by atoms with Crippen molar-refractivity contribution in [1.29, 1.82) is 0 Å². The van der Waals surface area contributed by atoms with Gasteiger partial charge in [0, 0.05) is 18.2 Å². The molecule has 0 atom stereocenters. The van der Waals surface area contributed by atoms with Gasteiger partial charge in [0.2, 0.25) is 0 Å². The molecule has 1 aliphatic carbocycles. The highest BCUT2D eigenvalue weighted by molar-refractivity contribution is 5.70. The van der Waals surface area contributed by atoms with Gasteiger partial charge in [-0.25, -0.2) is 0 Å². The number of fused-ring (bicyclic) bond motifs is 3. The van der Waals surface area contributed by atoms with Crippen LogP contribution in [0, 0.1) is 6.92 Å². The lowest BCUT2D eigenvalue weighted by molar-refractivity contribution is 0.762. The van der Waals surface area contributed by atoms with Crippen LogP contribution < -0.4 is 0 Å². The quantitative estimate of drug-likeness (QED) is 0.636. The predicted molar refractivity (Wildman–Crippen MR) is 60.8 cm³/mol. The third kappa shape index (κ3) is 1.14. The monoisotopic (exact) mass is 198 g/mol. The summed E-state index contributed by atoms with van der Waals surface area (Å²) in [4.78, 5) is 0. The second-order valence-electron chi connectivity index (χ2n) is 4.19. The molecule has 0 radical (unpaired) electrons. The molecule has 1 aliphatic rings. The highest BCUT2D eigenvalue weighted by Gasteiger charge is 2.21. The fourth-order valence-electron chi connectivity index (χ4n) is 2.57. The fourth-order valence-corrected chi connectivity index (χ4v) is 2.57. The standard InChI is InChI=1S/C13H14N2/c1-9-11-8-7-10-5-3-4-6-12(10)13(11)15(2)14-9/h3-6H,7-8H2,1-2H3. The van der Waals surface area contributed by atoms with Crippen molar-refractivity contribution in [2.75, 3.05) is 0 Å². The van der Waals surface area contributed by atoms with Crippen LogP contribution in [-0.2, 0) is 19.9 Å². The van der Waals surface area contributed by atoms with Gasteiger partial charge >= 0.3 is 0 Å². The molecule has 0 bridgehead atoms. The van der Waals surface area contributed by atoms with E-state index in [0.29, 0.717) is 0 Å². The lowest BCUT2D eigenvalue weighted by Gasteiger charge is -2.17. The van der Waals surface area contributed by atoms with E-state index in [2.05, 4.69) is 36.3 Å². The third-order valence-corrected chi connectivity index (χ3v) is 3.26. The van der Waals surface area contributed by atoms with Crippen molar-refractivity contribution >= 4 is 0 Å². The summed E-state index contributed by atoms with van der Waals surface area (Å²) in [5, 5.41) is 4.51. The predicted octanol–water partition coefficient (Wildman–Crippen LogP) is 2.49. The Hall–Kier alpha value is -1.57. The Balaban J connectivity index is 2.33. The zero-order valence-corrected chi connectivity index (χ0v) is 9.12. The first kappa shape index (κ1) is 8.72. The summed E-state index contributed by atoms with van der Waals surface area (Å²) in [7, 11) is 2.04. The van der Waals surface area contributed by atoms with Crippen molar-refractivity contribution in [3.63, 3.8) is 0 Å². The summed E-state index contributed by atoms with van der Waals surface area (Å²) >= 11 is 0. The van der Waals surface area contributed by atoms with E-state index >= 15 is 0 Å². The fraction of sp³-hybridized carbons (Fsp3) is 0.308. The molecule has 1 aromatic carbocycles. The molecule has 0 unspecified atom stereocenters. The van der Waals surface area contributed by atoms with Crippen LogP contribution in [0.2, 0.25) is 0 Å². The molecule has 2 nitrogen and oxygen atoms in total. The van der Waals surface area contributed by atoms with Crippen molar-refractivity contribution in [2.45, 2.75) is 19.8 Å². The summed E-state index contributed by atoms with van der Waals surface area (Å²) in [5.74, 6) is 0. The summed E-state index contributed by atoms with van der Waals surface area (Å²) in [5.41, 5.74) is 6.74. The van der Waals surface area contributed by atoms with Crippen molar-refractivity contribution in [1.82, 2.24) is 9.78 Å². The second kappa shape index (κ2) is 2.96. The maximum Gasteiger partial charge on any atom is 0.0716 e. The minimum Gasteiger partial charge on any atom is -0.267 e. The third-order valence-electron chi connectivity index (χ3n) is 3.26. The van der Waals surface area contributed by atoms with E-state index in [9.17, 15) is 0 Å². The summed E-state index contributed by atoms with van der Waals surface area (Å²) < 4.78 is 2.02. The largest absolute Gasteiger partial charge is 0.267 e. The lowest BCUT2D eigenvalue weighted by atomic mass is 9.89. The van der Waals surface area contributed by atoms with E-state index in [1.165, 1.54) is 28.1 Å². The second-order valence-corrected chi connectivity index (χ2v) is 4.19. The van der Waals surface area contributed by atoms with Crippen molar-refractivity contribution in [3.05, 3.63) is 41.1 Å². The number of benzene rings is 1. The van der Waals surface area contributed by atoms with Crippen LogP contribution in [0.25, 0.3) is 11.3 Å². The number of hydrogen-bond acceptors (Lipinski definition) is 1. The van der Waals surface area contributed by atoms with Gasteiger partial charge in [0.25, 0.3) is 0 Å². The highest BCUT2D eigenvalue weighted by Crippen LogP contribution is 2.34. The Morgan fingerprint density at radius 3 is 2.87 bits per heavy atom. The zero-order valence-electron chi connectivity index (χ0n) is 9.12. The average Bonchev–Trinajstić information content (AvgIpc) is 2.55. The average molecular weight is 198 g/mol. The van der Waals surface area contributed by atoms with E-state index in [4.69, 9.17) is 0 Å².